The van der Waals surface area contributed by atoms with Crippen molar-refractivity contribution in [3.8, 4) is 0 Å². The van der Waals surface area contributed by atoms with E-state index in [4.69, 9.17) is 16.3 Å². The van der Waals surface area contributed by atoms with Gasteiger partial charge in [0.2, 0.25) is 10.0 Å². The highest BCUT2D eigenvalue weighted by Crippen LogP contribution is 2.41. The summed E-state index contributed by atoms with van der Waals surface area (Å²) in [7, 11) is -4.29. The van der Waals surface area contributed by atoms with Crippen LogP contribution >= 0.6 is 11.6 Å². The van der Waals surface area contributed by atoms with Gasteiger partial charge in [0.1, 0.15) is 18.2 Å². The second-order valence-corrected chi connectivity index (χ2v) is 14.5. The smallest absolute Gasteiger partial charge is 0.381 e. The van der Waals surface area contributed by atoms with E-state index in [0.29, 0.717) is 78.3 Å². The molecule has 0 spiro atoms. The zero-order chi connectivity index (χ0) is 32.7. The van der Waals surface area contributed by atoms with E-state index in [9.17, 15) is 31.2 Å². The van der Waals surface area contributed by atoms with Crippen LogP contribution in [0.1, 0.15) is 54.2 Å². The number of halogens is 6. The zero-order valence-corrected chi connectivity index (χ0v) is 26.7. The van der Waals surface area contributed by atoms with Gasteiger partial charge in [-0.25, -0.2) is 22.2 Å². The van der Waals surface area contributed by atoms with E-state index in [1.807, 2.05) is 0 Å². The predicted molar refractivity (Wildman–Crippen MR) is 160 cm³/mol. The van der Waals surface area contributed by atoms with Crippen molar-refractivity contribution in [1.82, 2.24) is 15.1 Å². The summed E-state index contributed by atoms with van der Waals surface area (Å²) in [6.07, 6.45) is -1.64. The summed E-state index contributed by atoms with van der Waals surface area (Å²) in [6.45, 7) is 2.67. The number of likely N-dealkylation sites (tertiary alicyclic amines) is 1. The Bertz CT molecular complexity index is 1470. The lowest BCUT2D eigenvalue weighted by Crippen LogP contribution is -2.52. The molecule has 15 heteroatoms. The normalized spacial score (nSPS) is 23.2. The molecular weight excluding hydrogens is 643 g/mol. The van der Waals surface area contributed by atoms with Gasteiger partial charge in [0.25, 0.3) is 0 Å². The Balaban J connectivity index is 1.37. The van der Waals surface area contributed by atoms with Crippen molar-refractivity contribution in [1.29, 1.82) is 0 Å². The minimum Gasteiger partial charge on any atom is -0.381 e. The summed E-state index contributed by atoms with van der Waals surface area (Å²) in [6, 6.07) is 6.05. The quantitative estimate of drug-likeness (QED) is 0.284. The van der Waals surface area contributed by atoms with Crippen LogP contribution in [0.25, 0.3) is 0 Å². The van der Waals surface area contributed by atoms with Gasteiger partial charge >= 0.3 is 6.18 Å². The Kier molecular flexibility index (Phi) is 10.3. The molecule has 2 unspecified atom stereocenters. The first kappa shape index (κ1) is 34.3. The van der Waals surface area contributed by atoms with Crippen molar-refractivity contribution in [2.45, 2.75) is 62.7 Å². The first-order valence-corrected chi connectivity index (χ1v) is 17.2. The lowest BCUT2D eigenvalue weighted by atomic mass is 9.88. The molecule has 3 fully saturated rings. The molecule has 2 aromatic rings. The second kappa shape index (κ2) is 13.6. The van der Waals surface area contributed by atoms with E-state index < -0.39 is 46.3 Å². The van der Waals surface area contributed by atoms with E-state index in [1.165, 1.54) is 24.3 Å². The molecule has 5 rings (SSSR count). The van der Waals surface area contributed by atoms with Crippen LogP contribution in [-0.2, 0) is 14.8 Å². The summed E-state index contributed by atoms with van der Waals surface area (Å²) >= 11 is 6.38. The fourth-order valence-corrected chi connectivity index (χ4v) is 7.94. The van der Waals surface area contributed by atoms with Crippen LogP contribution < -0.4 is 4.31 Å². The average Bonchev–Trinajstić information content (AvgIpc) is 3.41. The van der Waals surface area contributed by atoms with Gasteiger partial charge in [-0.3, -0.25) is 14.4 Å². The largest absolute Gasteiger partial charge is 0.407 e. The molecule has 45 heavy (non-hydrogen) atoms. The van der Waals surface area contributed by atoms with Gasteiger partial charge in [0.15, 0.2) is 0 Å². The fraction of sp³-hybridized carbons (Fsp3) is 0.600. The van der Waals surface area contributed by atoms with Crippen LogP contribution in [0.15, 0.2) is 30.3 Å². The highest BCUT2D eigenvalue weighted by molar-refractivity contribution is 7.92. The third-order valence-corrected chi connectivity index (χ3v) is 10.7. The van der Waals surface area contributed by atoms with Gasteiger partial charge < -0.3 is 4.74 Å². The molecule has 3 aliphatic rings. The molecule has 2 aromatic carbocycles. The van der Waals surface area contributed by atoms with Crippen molar-refractivity contribution in [2.24, 2.45) is 0 Å². The molecule has 3 heterocycles. The SMILES string of the molecule is Cc1cc(N(CC(F)(F)F)S(C)(=O)=O)c(C2CCN(N(O)C3CN(C4CCOCC4)CC3c3ccc(F)cc3F)CC2)cc1Cl. The van der Waals surface area contributed by atoms with Crippen LogP contribution in [-0.4, -0.2) is 99.2 Å². The van der Waals surface area contributed by atoms with Crippen LogP contribution in [0.4, 0.5) is 27.6 Å². The first-order valence-electron chi connectivity index (χ1n) is 15.0. The molecule has 1 N–H and O–H groups in total. The van der Waals surface area contributed by atoms with Gasteiger partial charge in [-0.15, -0.1) is 5.17 Å². The molecule has 0 saturated carbocycles. The zero-order valence-electron chi connectivity index (χ0n) is 25.1. The molecule has 2 atom stereocenters. The van der Waals surface area contributed by atoms with Crippen LogP contribution in [0.5, 0.6) is 0 Å². The molecule has 3 saturated heterocycles. The van der Waals surface area contributed by atoms with Crippen molar-refractivity contribution < 1.29 is 40.3 Å². The van der Waals surface area contributed by atoms with E-state index in [2.05, 4.69) is 4.90 Å². The molecule has 0 amide bonds. The molecule has 8 nitrogen and oxygen atoms in total. The van der Waals surface area contributed by atoms with Crippen LogP contribution in [0.3, 0.4) is 0 Å². The van der Waals surface area contributed by atoms with Gasteiger partial charge in [0, 0.05) is 62.4 Å². The maximum absolute atomic E-state index is 15.0. The molecule has 0 bridgehead atoms. The maximum atomic E-state index is 15.0. The Morgan fingerprint density at radius 1 is 1.02 bits per heavy atom. The summed E-state index contributed by atoms with van der Waals surface area (Å²) in [5, 5.41) is 14.7. The lowest BCUT2D eigenvalue weighted by molar-refractivity contribution is -0.277. The average molecular weight is 681 g/mol. The summed E-state index contributed by atoms with van der Waals surface area (Å²) in [5.74, 6) is -2.16. The Hall–Kier alpha value is -2.07. The number of benzene rings is 2. The topological polar surface area (TPSA) is 76.6 Å². The Morgan fingerprint density at radius 2 is 1.69 bits per heavy atom. The highest BCUT2D eigenvalue weighted by atomic mass is 35.5. The minimum absolute atomic E-state index is 0.0641. The number of hydrogen-bond donors (Lipinski definition) is 1. The maximum Gasteiger partial charge on any atom is 0.407 e. The minimum atomic E-state index is -4.77. The number of nitrogens with zero attached hydrogens (tertiary/aromatic N) is 4. The molecular formula is C30H38ClF5N4O4S. The number of sulfonamides is 1. The van der Waals surface area contributed by atoms with E-state index in [1.54, 1.807) is 11.9 Å². The highest BCUT2D eigenvalue weighted by Gasteiger charge is 2.44. The number of aryl methyl sites for hydroxylation is 1. The fourth-order valence-electron chi connectivity index (χ4n) is 6.87. The number of piperidine rings is 1. The number of hydrogen-bond acceptors (Lipinski definition) is 7. The Labute approximate surface area is 265 Å². The van der Waals surface area contributed by atoms with Crippen LogP contribution in [0, 0.1) is 18.6 Å². The first-order chi connectivity index (χ1) is 21.1. The van der Waals surface area contributed by atoms with E-state index in [-0.39, 0.29) is 17.6 Å². The summed E-state index contributed by atoms with van der Waals surface area (Å²) < 4.78 is 100. The van der Waals surface area contributed by atoms with E-state index >= 15 is 4.39 Å². The standard InChI is InChI=1S/C30H38ClF5N4O4S/c1-19-13-28(39(45(2,42)43)18-30(34,35)36)24(15-26(19)31)20-5-9-38(10-6-20)40(41)29-17-37(22-7-11-44-12-8-22)16-25(29)23-4-3-21(32)14-27(23)33/h3-4,13-15,20,22,25,29,41H,5-12,16-18H2,1-2H3. The van der Waals surface area contributed by atoms with Gasteiger partial charge in [-0.05, 0) is 73.4 Å². The number of hydroxylamine groups is 1. The molecule has 0 aliphatic carbocycles. The molecule has 3 aliphatic heterocycles. The molecule has 0 radical (unpaired) electrons. The summed E-state index contributed by atoms with van der Waals surface area (Å²) in [5.41, 5.74) is 1.09. The van der Waals surface area contributed by atoms with Gasteiger partial charge in [-0.2, -0.15) is 13.2 Å². The third kappa shape index (κ3) is 7.91. The monoisotopic (exact) mass is 680 g/mol. The van der Waals surface area contributed by atoms with Gasteiger partial charge in [-0.1, -0.05) is 17.7 Å². The van der Waals surface area contributed by atoms with Gasteiger partial charge in [0.05, 0.1) is 18.0 Å². The van der Waals surface area contributed by atoms with Crippen molar-refractivity contribution >= 4 is 27.3 Å². The molecule has 0 aromatic heterocycles. The number of alkyl halides is 3. The Morgan fingerprint density at radius 3 is 2.29 bits per heavy atom. The molecule has 250 valence electrons. The summed E-state index contributed by atoms with van der Waals surface area (Å²) in [4.78, 5) is 2.22. The predicted octanol–water partition coefficient (Wildman–Crippen LogP) is 5.69. The number of anilines is 1. The van der Waals surface area contributed by atoms with Crippen LogP contribution in [0.2, 0.25) is 5.02 Å². The van der Waals surface area contributed by atoms with Crippen molar-refractivity contribution in [3.63, 3.8) is 0 Å². The van der Waals surface area contributed by atoms with Crippen molar-refractivity contribution in [2.75, 3.05) is 56.5 Å². The van der Waals surface area contributed by atoms with Crippen molar-refractivity contribution in [3.05, 3.63) is 63.7 Å². The third-order valence-electron chi connectivity index (χ3n) is 9.18. The lowest BCUT2D eigenvalue weighted by Gasteiger charge is -2.41. The number of ether oxygens (including phenoxy) is 1. The number of hydrazine groups is 1. The van der Waals surface area contributed by atoms with E-state index in [0.717, 1.165) is 30.3 Å². The number of rotatable bonds is 8. The second-order valence-electron chi connectivity index (χ2n) is 12.2.